The topological polar surface area (TPSA) is 33.5 Å². The van der Waals surface area contributed by atoms with Gasteiger partial charge in [-0.2, -0.15) is 0 Å². The molecule has 18 heavy (non-hydrogen) atoms. The third-order valence-corrected chi connectivity index (χ3v) is 3.34. The molecule has 0 N–H and O–H groups in total. The van der Waals surface area contributed by atoms with Crippen LogP contribution in [0.4, 0.5) is 11.6 Å². The van der Waals surface area contributed by atoms with Crippen molar-refractivity contribution in [3.05, 3.63) is 47.7 Å². The van der Waals surface area contributed by atoms with Gasteiger partial charge < -0.3 is 9.32 Å². The van der Waals surface area contributed by atoms with Crippen LogP contribution in [0.1, 0.15) is 23.0 Å². The smallest absolute Gasteiger partial charge is 0.200 e. The number of aldehydes is 1. The van der Waals surface area contributed by atoms with E-state index in [1.54, 1.807) is 6.07 Å². The summed E-state index contributed by atoms with van der Waals surface area (Å²) in [5.74, 6) is 1.70. The molecule has 2 aromatic rings. The van der Waals surface area contributed by atoms with E-state index in [9.17, 15) is 4.79 Å². The second-order valence-corrected chi connectivity index (χ2v) is 4.84. The molecule has 0 spiro atoms. The van der Waals surface area contributed by atoms with Crippen LogP contribution < -0.4 is 4.90 Å². The van der Waals surface area contributed by atoms with Crippen molar-refractivity contribution in [2.75, 3.05) is 11.4 Å². The van der Waals surface area contributed by atoms with Crippen molar-refractivity contribution >= 4 is 17.9 Å². The van der Waals surface area contributed by atoms with Gasteiger partial charge in [0.2, 0.25) is 5.88 Å². The van der Waals surface area contributed by atoms with E-state index in [1.807, 2.05) is 12.1 Å². The molecule has 1 aliphatic rings. The maximum atomic E-state index is 10.7. The van der Waals surface area contributed by atoms with E-state index < -0.39 is 0 Å². The molecule has 0 radical (unpaired) electrons. The minimum Gasteiger partial charge on any atom is -0.437 e. The van der Waals surface area contributed by atoms with Crippen molar-refractivity contribution in [1.82, 2.24) is 0 Å². The van der Waals surface area contributed by atoms with Crippen molar-refractivity contribution in [2.24, 2.45) is 5.92 Å². The van der Waals surface area contributed by atoms with Gasteiger partial charge in [0.1, 0.15) is 0 Å². The Bertz CT molecular complexity index is 573. The van der Waals surface area contributed by atoms with Gasteiger partial charge in [-0.15, -0.1) is 0 Å². The summed E-state index contributed by atoms with van der Waals surface area (Å²) in [4.78, 5) is 12.8. The quantitative estimate of drug-likeness (QED) is 0.755. The average Bonchev–Trinajstić information content (AvgIpc) is 2.86. The van der Waals surface area contributed by atoms with Crippen molar-refractivity contribution in [2.45, 2.75) is 13.3 Å². The highest BCUT2D eigenvalue weighted by Crippen LogP contribution is 2.35. The molecule has 1 unspecified atom stereocenters. The zero-order valence-electron chi connectivity index (χ0n) is 10.3. The molecule has 3 heteroatoms. The highest BCUT2D eigenvalue weighted by molar-refractivity contribution is 5.73. The molecule has 1 atom stereocenters. The van der Waals surface area contributed by atoms with Crippen LogP contribution in [0.3, 0.4) is 0 Å². The molecule has 1 aromatic heterocycles. The zero-order valence-corrected chi connectivity index (χ0v) is 10.3. The van der Waals surface area contributed by atoms with Crippen LogP contribution in [0.2, 0.25) is 0 Å². The fourth-order valence-corrected chi connectivity index (χ4v) is 2.56. The second kappa shape index (κ2) is 4.33. The standard InChI is InChI=1S/C15H15NO2/c1-11-8-12-4-2-3-5-14(12)16(9-11)15-7-6-13(10-17)18-15/h2-7,10-11H,8-9H2,1H3. The van der Waals surface area contributed by atoms with Gasteiger partial charge >= 0.3 is 0 Å². The fourth-order valence-electron chi connectivity index (χ4n) is 2.56. The lowest BCUT2D eigenvalue weighted by molar-refractivity contribution is 0.110. The molecular weight excluding hydrogens is 226 g/mol. The highest BCUT2D eigenvalue weighted by Gasteiger charge is 2.24. The van der Waals surface area contributed by atoms with Gasteiger partial charge in [0, 0.05) is 18.3 Å². The highest BCUT2D eigenvalue weighted by atomic mass is 16.4. The molecule has 2 heterocycles. The largest absolute Gasteiger partial charge is 0.437 e. The molecule has 1 aromatic carbocycles. The summed E-state index contributed by atoms with van der Waals surface area (Å²) in [5, 5.41) is 0. The SMILES string of the molecule is CC1Cc2ccccc2N(c2ccc(C=O)o2)C1. The van der Waals surface area contributed by atoms with Gasteiger partial charge in [0.15, 0.2) is 12.0 Å². The lowest BCUT2D eigenvalue weighted by Crippen LogP contribution is -2.30. The number of nitrogens with zero attached hydrogens (tertiary/aromatic N) is 1. The van der Waals surface area contributed by atoms with Crippen molar-refractivity contribution in [3.63, 3.8) is 0 Å². The summed E-state index contributed by atoms with van der Waals surface area (Å²) in [5.41, 5.74) is 2.52. The van der Waals surface area contributed by atoms with Crippen LogP contribution in [0, 0.1) is 5.92 Å². The molecule has 0 saturated carbocycles. The number of benzene rings is 1. The first kappa shape index (κ1) is 11.1. The lowest BCUT2D eigenvalue weighted by atomic mass is 9.94. The van der Waals surface area contributed by atoms with E-state index in [0.717, 1.165) is 25.1 Å². The molecule has 0 amide bonds. The Kier molecular flexibility index (Phi) is 2.67. The first-order valence-corrected chi connectivity index (χ1v) is 6.18. The van der Waals surface area contributed by atoms with Crippen molar-refractivity contribution in [1.29, 1.82) is 0 Å². The molecule has 0 bridgehead atoms. The summed E-state index contributed by atoms with van der Waals surface area (Å²) < 4.78 is 5.54. The van der Waals surface area contributed by atoms with Gasteiger partial charge in [0.25, 0.3) is 0 Å². The van der Waals surface area contributed by atoms with Gasteiger partial charge in [-0.3, -0.25) is 4.79 Å². The van der Waals surface area contributed by atoms with Gasteiger partial charge in [-0.25, -0.2) is 0 Å². The molecule has 0 saturated heterocycles. The maximum absolute atomic E-state index is 10.7. The first-order chi connectivity index (χ1) is 8.78. The predicted octanol–water partition coefficient (Wildman–Crippen LogP) is 3.42. The molecule has 3 nitrogen and oxygen atoms in total. The number of fused-ring (bicyclic) bond motifs is 1. The third-order valence-electron chi connectivity index (χ3n) is 3.34. The normalized spacial score (nSPS) is 18.5. The minimum atomic E-state index is 0.376. The summed E-state index contributed by atoms with van der Waals surface area (Å²) in [6.07, 6.45) is 1.83. The van der Waals surface area contributed by atoms with Crippen LogP contribution in [0.15, 0.2) is 40.8 Å². The summed E-state index contributed by atoms with van der Waals surface area (Å²) in [6, 6.07) is 11.9. The maximum Gasteiger partial charge on any atom is 0.200 e. The Morgan fingerprint density at radius 3 is 2.89 bits per heavy atom. The Morgan fingerprint density at radius 1 is 1.28 bits per heavy atom. The average molecular weight is 241 g/mol. The van der Waals surface area contributed by atoms with Crippen molar-refractivity contribution in [3.8, 4) is 0 Å². The first-order valence-electron chi connectivity index (χ1n) is 6.18. The van der Waals surface area contributed by atoms with Crippen LogP contribution in [0.5, 0.6) is 0 Å². The van der Waals surface area contributed by atoms with Crippen LogP contribution in [-0.4, -0.2) is 12.8 Å². The second-order valence-electron chi connectivity index (χ2n) is 4.84. The monoisotopic (exact) mass is 241 g/mol. The molecule has 92 valence electrons. The Labute approximate surface area is 106 Å². The summed E-state index contributed by atoms with van der Waals surface area (Å²) in [7, 11) is 0. The predicted molar refractivity (Wildman–Crippen MR) is 70.4 cm³/mol. The van der Waals surface area contributed by atoms with E-state index in [1.165, 1.54) is 11.3 Å². The number of anilines is 2. The van der Waals surface area contributed by atoms with E-state index in [-0.39, 0.29) is 0 Å². The lowest BCUT2D eigenvalue weighted by Gasteiger charge is -2.32. The van der Waals surface area contributed by atoms with Crippen LogP contribution in [-0.2, 0) is 6.42 Å². The van der Waals surface area contributed by atoms with E-state index in [0.29, 0.717) is 11.7 Å². The van der Waals surface area contributed by atoms with E-state index >= 15 is 0 Å². The molecule has 3 rings (SSSR count). The van der Waals surface area contributed by atoms with E-state index in [4.69, 9.17) is 4.42 Å². The molecular formula is C15H15NO2. The Balaban J connectivity index is 2.04. The number of carbonyl (C=O) groups is 1. The third kappa shape index (κ3) is 1.82. The van der Waals surface area contributed by atoms with Gasteiger partial charge in [-0.1, -0.05) is 25.1 Å². The van der Waals surface area contributed by atoms with Gasteiger partial charge in [0.05, 0.1) is 0 Å². The minimum absolute atomic E-state index is 0.376. The number of carbonyl (C=O) groups excluding carboxylic acids is 1. The summed E-state index contributed by atoms with van der Waals surface area (Å²) in [6.45, 7) is 3.15. The van der Waals surface area contributed by atoms with Crippen LogP contribution in [0.25, 0.3) is 0 Å². The van der Waals surface area contributed by atoms with E-state index in [2.05, 4.69) is 30.0 Å². The van der Waals surface area contributed by atoms with Gasteiger partial charge in [-0.05, 0) is 30.0 Å². The number of furan rings is 1. The number of rotatable bonds is 2. The molecule has 1 aliphatic heterocycles. The number of hydrogen-bond acceptors (Lipinski definition) is 3. The Hall–Kier alpha value is -2.03. The zero-order chi connectivity index (χ0) is 12.5. The molecule has 0 fully saturated rings. The number of para-hydroxylation sites is 1. The van der Waals surface area contributed by atoms with Crippen molar-refractivity contribution < 1.29 is 9.21 Å². The van der Waals surface area contributed by atoms with Crippen LogP contribution >= 0.6 is 0 Å². The molecule has 0 aliphatic carbocycles. The number of hydrogen-bond donors (Lipinski definition) is 0. The fraction of sp³-hybridized carbons (Fsp3) is 0.267. The summed E-state index contributed by atoms with van der Waals surface area (Å²) >= 11 is 0. The Morgan fingerprint density at radius 2 is 2.11 bits per heavy atom.